The van der Waals surface area contributed by atoms with Gasteiger partial charge in [0, 0.05) is 17.4 Å². The molecule has 1 N–H and O–H groups in total. The lowest BCUT2D eigenvalue weighted by atomic mass is 9.92. The van der Waals surface area contributed by atoms with E-state index in [4.69, 9.17) is 24.5 Å². The fraction of sp³-hybridized carbons (Fsp3) is 0.500. The van der Waals surface area contributed by atoms with E-state index >= 15 is 0 Å². The summed E-state index contributed by atoms with van der Waals surface area (Å²) in [5.41, 5.74) is 9.66. The summed E-state index contributed by atoms with van der Waals surface area (Å²) < 4.78 is 22.1. The van der Waals surface area contributed by atoms with Crippen molar-refractivity contribution in [2.75, 3.05) is 6.61 Å². The maximum atomic E-state index is 11.5. The Balaban J connectivity index is 1.90. The quantitative estimate of drug-likeness (QED) is 0.370. The Morgan fingerprint density at radius 2 is 2.04 bits per heavy atom. The Morgan fingerprint density at radius 3 is 2.65 bits per heavy atom. The van der Waals surface area contributed by atoms with Gasteiger partial charge < -0.3 is 24.1 Å². The molecule has 0 amide bonds. The normalized spacial score (nSPS) is 33.4. The molecule has 26 heavy (non-hydrogen) atoms. The zero-order chi connectivity index (χ0) is 18.7. The van der Waals surface area contributed by atoms with Crippen molar-refractivity contribution in [1.29, 1.82) is 0 Å². The molecule has 138 valence electrons. The molecule has 2 saturated heterocycles. The van der Waals surface area contributed by atoms with E-state index < -0.39 is 48.7 Å². The summed E-state index contributed by atoms with van der Waals surface area (Å²) in [6.07, 6.45) is -5.15. The van der Waals surface area contributed by atoms with Gasteiger partial charge in [-0.2, -0.15) is 0 Å². The third kappa shape index (κ3) is 3.63. The number of benzene rings is 1. The number of carbonyl (C=O) groups is 2. The molecule has 0 bridgehead atoms. The number of azide groups is 1. The zero-order valence-electron chi connectivity index (χ0n) is 13.8. The summed E-state index contributed by atoms with van der Waals surface area (Å²) in [5, 5.41) is 13.0. The number of carboxylic acid groups (broad SMARTS) is 1. The first-order valence-electron chi connectivity index (χ1n) is 7.93. The molecule has 3 rings (SSSR count). The predicted octanol–water partition coefficient (Wildman–Crippen LogP) is 1.56. The Morgan fingerprint density at radius 1 is 1.31 bits per heavy atom. The Labute approximate surface area is 148 Å². The standard InChI is InChI=1S/C16H17N3O7/c1-8(20)24-13-11(18-19-17)12-10(25-14(13)15(21)22)7-23-16(26-12)9-5-3-2-4-6-9/h2-6,10-14,16H,7H2,1H3,(H,21,22). The van der Waals surface area contributed by atoms with E-state index in [9.17, 15) is 14.7 Å². The number of ether oxygens (including phenoxy) is 4. The van der Waals surface area contributed by atoms with Crippen LogP contribution in [-0.2, 0) is 28.5 Å². The van der Waals surface area contributed by atoms with Crippen molar-refractivity contribution in [3.63, 3.8) is 0 Å². The third-order valence-corrected chi connectivity index (χ3v) is 4.15. The minimum Gasteiger partial charge on any atom is -0.479 e. The molecule has 6 unspecified atom stereocenters. The highest BCUT2D eigenvalue weighted by Gasteiger charge is 2.53. The maximum Gasteiger partial charge on any atom is 0.336 e. The average molecular weight is 363 g/mol. The molecule has 2 aliphatic rings. The number of carbonyl (C=O) groups excluding carboxylic acids is 1. The van der Waals surface area contributed by atoms with Crippen molar-refractivity contribution in [3.05, 3.63) is 46.3 Å². The number of rotatable bonds is 4. The number of fused-ring (bicyclic) bond motifs is 1. The van der Waals surface area contributed by atoms with E-state index in [1.165, 1.54) is 0 Å². The van der Waals surface area contributed by atoms with E-state index in [1.807, 2.05) is 18.2 Å². The lowest BCUT2D eigenvalue weighted by molar-refractivity contribution is -0.305. The number of nitrogens with zero attached hydrogens (tertiary/aromatic N) is 3. The molecule has 0 aliphatic carbocycles. The van der Waals surface area contributed by atoms with Gasteiger partial charge in [0.25, 0.3) is 0 Å². The van der Waals surface area contributed by atoms with Crippen LogP contribution in [0.3, 0.4) is 0 Å². The molecular formula is C16H17N3O7. The number of aliphatic carboxylic acids is 1. The van der Waals surface area contributed by atoms with Crippen LogP contribution < -0.4 is 0 Å². The molecule has 0 spiro atoms. The monoisotopic (exact) mass is 363 g/mol. The summed E-state index contributed by atoms with van der Waals surface area (Å²) >= 11 is 0. The molecule has 1 aromatic carbocycles. The second-order valence-corrected chi connectivity index (χ2v) is 5.88. The van der Waals surface area contributed by atoms with Gasteiger partial charge in [0.2, 0.25) is 0 Å². The number of hydrogen-bond donors (Lipinski definition) is 1. The van der Waals surface area contributed by atoms with E-state index in [0.29, 0.717) is 0 Å². The molecule has 10 nitrogen and oxygen atoms in total. The molecule has 6 atom stereocenters. The molecular weight excluding hydrogens is 346 g/mol. The van der Waals surface area contributed by atoms with Gasteiger partial charge in [-0.25, -0.2) is 4.79 Å². The van der Waals surface area contributed by atoms with Crippen LogP contribution >= 0.6 is 0 Å². The van der Waals surface area contributed by atoms with Gasteiger partial charge in [-0.1, -0.05) is 35.4 Å². The molecule has 0 radical (unpaired) electrons. The minimum absolute atomic E-state index is 0.0399. The Hall–Kier alpha value is -2.65. The lowest BCUT2D eigenvalue weighted by Gasteiger charge is -2.46. The SMILES string of the molecule is CC(=O)OC1C(C(=O)O)OC2COC(c3ccccc3)OC2C1N=[N+]=[N-]. The first-order valence-corrected chi connectivity index (χ1v) is 7.93. The summed E-state index contributed by atoms with van der Waals surface area (Å²) in [7, 11) is 0. The molecule has 0 aromatic heterocycles. The zero-order valence-corrected chi connectivity index (χ0v) is 13.8. The van der Waals surface area contributed by atoms with Crippen molar-refractivity contribution >= 4 is 11.9 Å². The van der Waals surface area contributed by atoms with E-state index in [0.717, 1.165) is 12.5 Å². The van der Waals surface area contributed by atoms with Crippen LogP contribution in [0.15, 0.2) is 35.4 Å². The first kappa shape index (κ1) is 18.2. The number of carboxylic acids is 1. The largest absolute Gasteiger partial charge is 0.479 e. The highest BCUT2D eigenvalue weighted by molar-refractivity contribution is 5.75. The van der Waals surface area contributed by atoms with Gasteiger partial charge in [-0.05, 0) is 5.53 Å². The molecule has 0 saturated carbocycles. The lowest BCUT2D eigenvalue weighted by Crippen LogP contribution is -2.63. The van der Waals surface area contributed by atoms with Gasteiger partial charge in [0.05, 0.1) is 6.61 Å². The summed E-state index contributed by atoms with van der Waals surface area (Å²) in [4.78, 5) is 25.7. The van der Waals surface area contributed by atoms with Gasteiger partial charge in [-0.3, -0.25) is 4.79 Å². The third-order valence-electron chi connectivity index (χ3n) is 4.15. The van der Waals surface area contributed by atoms with Gasteiger partial charge in [-0.15, -0.1) is 0 Å². The van der Waals surface area contributed by atoms with E-state index in [2.05, 4.69) is 10.0 Å². The van der Waals surface area contributed by atoms with Crippen LogP contribution in [0.4, 0.5) is 0 Å². The van der Waals surface area contributed by atoms with Crippen LogP contribution in [-0.4, -0.2) is 54.1 Å². The molecule has 2 heterocycles. The smallest absolute Gasteiger partial charge is 0.336 e. The Bertz CT molecular complexity index is 722. The summed E-state index contributed by atoms with van der Waals surface area (Å²) in [5.74, 6) is -2.05. The molecule has 2 aliphatic heterocycles. The average Bonchev–Trinajstić information content (AvgIpc) is 2.63. The molecule has 10 heteroatoms. The second kappa shape index (κ2) is 7.71. The summed E-state index contributed by atoms with van der Waals surface area (Å²) in [6.45, 7) is 1.17. The van der Waals surface area contributed by atoms with Crippen LogP contribution in [0.2, 0.25) is 0 Å². The number of esters is 1. The van der Waals surface area contributed by atoms with Crippen molar-refractivity contribution in [2.24, 2.45) is 5.11 Å². The van der Waals surface area contributed by atoms with E-state index in [1.54, 1.807) is 12.1 Å². The van der Waals surface area contributed by atoms with Crippen LogP contribution in [0.5, 0.6) is 0 Å². The van der Waals surface area contributed by atoms with Crippen LogP contribution in [0, 0.1) is 0 Å². The molecule has 2 fully saturated rings. The second-order valence-electron chi connectivity index (χ2n) is 5.88. The number of hydrogen-bond acceptors (Lipinski definition) is 7. The van der Waals surface area contributed by atoms with Gasteiger partial charge in [0.1, 0.15) is 24.4 Å². The van der Waals surface area contributed by atoms with Crippen molar-refractivity contribution in [2.45, 2.75) is 43.7 Å². The van der Waals surface area contributed by atoms with Crippen LogP contribution in [0.25, 0.3) is 10.4 Å². The summed E-state index contributed by atoms with van der Waals surface area (Å²) in [6, 6.07) is 8.02. The molecule has 1 aromatic rings. The van der Waals surface area contributed by atoms with Gasteiger partial charge >= 0.3 is 11.9 Å². The van der Waals surface area contributed by atoms with Crippen molar-refractivity contribution < 1.29 is 33.6 Å². The van der Waals surface area contributed by atoms with Gasteiger partial charge in [0.15, 0.2) is 12.4 Å². The minimum atomic E-state index is -1.49. The van der Waals surface area contributed by atoms with Crippen molar-refractivity contribution in [3.8, 4) is 0 Å². The maximum absolute atomic E-state index is 11.5. The fourth-order valence-corrected chi connectivity index (χ4v) is 3.09. The highest BCUT2D eigenvalue weighted by Crippen LogP contribution is 2.36. The Kier molecular flexibility index (Phi) is 5.38. The van der Waals surface area contributed by atoms with E-state index in [-0.39, 0.29) is 6.61 Å². The topological polar surface area (TPSA) is 140 Å². The highest BCUT2D eigenvalue weighted by atomic mass is 16.7. The predicted molar refractivity (Wildman–Crippen MR) is 84.8 cm³/mol. The first-order chi connectivity index (χ1) is 12.5. The van der Waals surface area contributed by atoms with Crippen LogP contribution in [0.1, 0.15) is 18.8 Å². The fourth-order valence-electron chi connectivity index (χ4n) is 3.09. The van der Waals surface area contributed by atoms with Crippen molar-refractivity contribution in [1.82, 2.24) is 0 Å².